The Labute approximate surface area is 162 Å². The SMILES string of the molecule is CCCCC(C)C/C=C/C1[C@H](O)C[C@@H]2O/C(=C(/C#N)CCCC(=O)O)C[C@H]12. The molecule has 2 fully saturated rings. The summed E-state index contributed by atoms with van der Waals surface area (Å²) in [6.07, 6.45) is 10.9. The second-order valence-electron chi connectivity index (χ2n) is 8.08. The summed E-state index contributed by atoms with van der Waals surface area (Å²) in [6, 6.07) is 2.19. The molecule has 2 N–H and O–H groups in total. The van der Waals surface area contributed by atoms with E-state index in [4.69, 9.17) is 9.84 Å². The average molecular weight is 376 g/mol. The van der Waals surface area contributed by atoms with E-state index in [1.54, 1.807) is 0 Å². The molecule has 0 spiro atoms. The number of aliphatic carboxylic acids is 1. The number of carboxylic acid groups (broad SMARTS) is 1. The van der Waals surface area contributed by atoms with Crippen LogP contribution in [0.15, 0.2) is 23.5 Å². The quantitative estimate of drug-likeness (QED) is 0.431. The zero-order chi connectivity index (χ0) is 19.8. The first-order valence-electron chi connectivity index (χ1n) is 10.3. The first-order valence-corrected chi connectivity index (χ1v) is 10.3. The van der Waals surface area contributed by atoms with Gasteiger partial charge in [-0.3, -0.25) is 4.79 Å². The highest BCUT2D eigenvalue weighted by molar-refractivity contribution is 5.66. The van der Waals surface area contributed by atoms with E-state index < -0.39 is 5.97 Å². The van der Waals surface area contributed by atoms with E-state index in [1.165, 1.54) is 19.3 Å². The Balaban J connectivity index is 1.94. The van der Waals surface area contributed by atoms with Crippen LogP contribution in [0.4, 0.5) is 0 Å². The zero-order valence-electron chi connectivity index (χ0n) is 16.6. The minimum Gasteiger partial charge on any atom is -0.493 e. The number of allylic oxidation sites excluding steroid dienone is 3. The first-order chi connectivity index (χ1) is 13.0. The van der Waals surface area contributed by atoms with E-state index in [9.17, 15) is 15.2 Å². The number of carboxylic acids is 1. The van der Waals surface area contributed by atoms with Gasteiger partial charge in [0.2, 0.25) is 0 Å². The first kappa shape index (κ1) is 21.5. The third-order valence-electron chi connectivity index (χ3n) is 5.84. The highest BCUT2D eigenvalue weighted by Gasteiger charge is 2.47. The second kappa shape index (κ2) is 10.5. The van der Waals surface area contributed by atoms with E-state index in [0.29, 0.717) is 42.9 Å². The van der Waals surface area contributed by atoms with E-state index in [1.807, 2.05) is 0 Å². The van der Waals surface area contributed by atoms with Crippen LogP contribution in [0.3, 0.4) is 0 Å². The minimum absolute atomic E-state index is 0.0370. The van der Waals surface area contributed by atoms with Crippen LogP contribution in [0, 0.1) is 29.1 Å². The second-order valence-corrected chi connectivity index (χ2v) is 8.08. The molecule has 5 atom stereocenters. The molecule has 27 heavy (non-hydrogen) atoms. The van der Waals surface area contributed by atoms with Gasteiger partial charge in [-0.05, 0) is 25.2 Å². The number of unbranched alkanes of at least 4 members (excludes halogenated alkanes) is 1. The standard InChI is InChI=1S/C22H33NO4/c1-3-4-7-15(2)8-5-10-17-18-12-20(27-21(18)13-19(17)24)16(14-23)9-6-11-22(25)26/h5,10,15,17-19,21,24H,3-4,6-9,11-13H2,1-2H3,(H,25,26)/b10-5+,20-16+/t15?,17?,18-,19-,21+/m1/s1. The van der Waals surface area contributed by atoms with E-state index in [0.717, 1.165) is 6.42 Å². The summed E-state index contributed by atoms with van der Waals surface area (Å²) in [5, 5.41) is 28.6. The molecule has 1 aliphatic carbocycles. The minimum atomic E-state index is -0.844. The lowest BCUT2D eigenvalue weighted by Crippen LogP contribution is -2.17. The molecule has 2 aliphatic rings. The predicted octanol–water partition coefficient (Wildman–Crippen LogP) is 4.58. The molecular formula is C22H33NO4. The Kier molecular flexibility index (Phi) is 8.37. The smallest absolute Gasteiger partial charge is 0.303 e. The number of nitrogens with zero attached hydrogens (tertiary/aromatic N) is 1. The average Bonchev–Trinajstić information content (AvgIpc) is 3.15. The van der Waals surface area contributed by atoms with E-state index in [-0.39, 0.29) is 30.5 Å². The van der Waals surface area contributed by atoms with Gasteiger partial charge in [0, 0.05) is 31.1 Å². The molecule has 0 aromatic heterocycles. The number of fused-ring (bicyclic) bond motifs is 1. The van der Waals surface area contributed by atoms with Crippen LogP contribution in [-0.4, -0.2) is 28.4 Å². The van der Waals surface area contributed by atoms with E-state index >= 15 is 0 Å². The number of nitriles is 1. The Hall–Kier alpha value is -1.80. The molecule has 2 rings (SSSR count). The third-order valence-corrected chi connectivity index (χ3v) is 5.84. The van der Waals surface area contributed by atoms with Gasteiger partial charge in [-0.2, -0.15) is 5.26 Å². The van der Waals surface area contributed by atoms with Crippen molar-refractivity contribution in [2.45, 2.75) is 83.8 Å². The summed E-state index contributed by atoms with van der Waals surface area (Å²) in [5.41, 5.74) is 0.566. The molecule has 1 heterocycles. The number of hydrogen-bond acceptors (Lipinski definition) is 4. The fraction of sp³-hybridized carbons (Fsp3) is 0.727. The number of ether oxygens (including phenoxy) is 1. The molecule has 0 bridgehead atoms. The molecule has 0 aromatic carbocycles. The van der Waals surface area contributed by atoms with Gasteiger partial charge in [0.25, 0.3) is 0 Å². The van der Waals surface area contributed by atoms with Crippen LogP contribution < -0.4 is 0 Å². The molecular weight excluding hydrogens is 342 g/mol. The van der Waals surface area contributed by atoms with Gasteiger partial charge in [-0.1, -0.05) is 45.3 Å². The van der Waals surface area contributed by atoms with Crippen LogP contribution in [0.2, 0.25) is 0 Å². The maximum Gasteiger partial charge on any atom is 0.303 e. The number of carbonyl (C=O) groups is 1. The summed E-state index contributed by atoms with van der Waals surface area (Å²) in [6.45, 7) is 4.48. The molecule has 1 aliphatic heterocycles. The van der Waals surface area contributed by atoms with Gasteiger partial charge in [-0.25, -0.2) is 0 Å². The molecule has 1 saturated carbocycles. The Morgan fingerprint density at radius 3 is 2.85 bits per heavy atom. The van der Waals surface area contributed by atoms with Crippen molar-refractivity contribution < 1.29 is 19.7 Å². The maximum absolute atomic E-state index is 10.7. The van der Waals surface area contributed by atoms with Crippen molar-refractivity contribution >= 4 is 5.97 Å². The summed E-state index contributed by atoms with van der Waals surface area (Å²) >= 11 is 0. The fourth-order valence-corrected chi connectivity index (χ4v) is 4.23. The zero-order valence-corrected chi connectivity index (χ0v) is 16.6. The normalized spacial score (nSPS) is 30.0. The van der Waals surface area contributed by atoms with Crippen LogP contribution in [-0.2, 0) is 9.53 Å². The van der Waals surface area contributed by atoms with Gasteiger partial charge >= 0.3 is 5.97 Å². The number of hydrogen-bond donors (Lipinski definition) is 2. The fourth-order valence-electron chi connectivity index (χ4n) is 4.23. The maximum atomic E-state index is 10.7. The topological polar surface area (TPSA) is 90.5 Å². The summed E-state index contributed by atoms with van der Waals surface area (Å²) in [4.78, 5) is 10.7. The largest absolute Gasteiger partial charge is 0.493 e. The number of aliphatic hydroxyl groups excluding tert-OH is 1. The highest BCUT2D eigenvalue weighted by atomic mass is 16.5. The van der Waals surface area contributed by atoms with Crippen molar-refractivity contribution in [3.05, 3.63) is 23.5 Å². The molecule has 150 valence electrons. The van der Waals surface area contributed by atoms with Crippen molar-refractivity contribution in [2.24, 2.45) is 17.8 Å². The van der Waals surface area contributed by atoms with Crippen LogP contribution in [0.1, 0.15) is 71.6 Å². The van der Waals surface area contributed by atoms with Gasteiger partial charge in [0.1, 0.15) is 11.9 Å². The summed E-state index contributed by atoms with van der Waals surface area (Å²) in [7, 11) is 0. The molecule has 0 aromatic rings. The molecule has 5 heteroatoms. The molecule has 1 saturated heterocycles. The lowest BCUT2D eigenvalue weighted by Gasteiger charge is -2.16. The molecule has 2 unspecified atom stereocenters. The van der Waals surface area contributed by atoms with Crippen LogP contribution in [0.5, 0.6) is 0 Å². The lowest BCUT2D eigenvalue weighted by molar-refractivity contribution is -0.137. The van der Waals surface area contributed by atoms with Crippen molar-refractivity contribution in [1.82, 2.24) is 0 Å². The number of aliphatic hydroxyl groups is 1. The van der Waals surface area contributed by atoms with Crippen molar-refractivity contribution in [1.29, 1.82) is 5.26 Å². The predicted molar refractivity (Wildman–Crippen MR) is 104 cm³/mol. The number of rotatable bonds is 10. The van der Waals surface area contributed by atoms with E-state index in [2.05, 4.69) is 32.1 Å². The molecule has 0 amide bonds. The Morgan fingerprint density at radius 2 is 2.19 bits per heavy atom. The monoisotopic (exact) mass is 375 g/mol. The lowest BCUT2D eigenvalue weighted by atomic mass is 9.89. The Morgan fingerprint density at radius 1 is 1.41 bits per heavy atom. The molecule has 5 nitrogen and oxygen atoms in total. The van der Waals surface area contributed by atoms with Gasteiger partial charge in [0.15, 0.2) is 0 Å². The summed E-state index contributed by atoms with van der Waals surface area (Å²) < 4.78 is 5.99. The third kappa shape index (κ3) is 6.10. The van der Waals surface area contributed by atoms with Gasteiger partial charge in [-0.15, -0.1) is 0 Å². The summed E-state index contributed by atoms with van der Waals surface area (Å²) in [5.74, 6) is 0.803. The van der Waals surface area contributed by atoms with Crippen molar-refractivity contribution in [3.63, 3.8) is 0 Å². The Bertz CT molecular complexity index is 604. The van der Waals surface area contributed by atoms with Gasteiger partial charge < -0.3 is 14.9 Å². The molecule has 0 radical (unpaired) electrons. The van der Waals surface area contributed by atoms with Crippen LogP contribution >= 0.6 is 0 Å². The van der Waals surface area contributed by atoms with Crippen molar-refractivity contribution in [2.75, 3.05) is 0 Å². The highest BCUT2D eigenvalue weighted by Crippen LogP contribution is 2.46. The van der Waals surface area contributed by atoms with Crippen LogP contribution in [0.25, 0.3) is 0 Å². The van der Waals surface area contributed by atoms with Gasteiger partial charge in [0.05, 0.1) is 17.7 Å². The van der Waals surface area contributed by atoms with Crippen molar-refractivity contribution in [3.8, 4) is 6.07 Å².